The van der Waals surface area contributed by atoms with E-state index in [0.29, 0.717) is 18.0 Å². The lowest BCUT2D eigenvalue weighted by atomic mass is 10.1. The number of nitrogens with zero attached hydrogens (tertiary/aromatic N) is 1. The molecule has 0 aliphatic heterocycles. The maximum absolute atomic E-state index is 13.0. The molecule has 0 aliphatic carbocycles. The topological polar surface area (TPSA) is 59.1 Å². The summed E-state index contributed by atoms with van der Waals surface area (Å²) >= 11 is 1.42. The Morgan fingerprint density at radius 2 is 2.16 bits per heavy atom. The van der Waals surface area contributed by atoms with E-state index >= 15 is 0 Å². The monoisotopic (exact) mass is 278 g/mol. The van der Waals surface area contributed by atoms with Gasteiger partial charge in [-0.05, 0) is 29.8 Å². The smallest absolute Gasteiger partial charge is 0.126 e. The highest BCUT2D eigenvalue weighted by atomic mass is 32.2. The molecule has 1 unspecified atom stereocenters. The number of hydrogen-bond acceptors (Lipinski definition) is 4. The number of benzene rings is 1. The number of hydrogen-bond donors (Lipinski definition) is 2. The fraction of sp³-hybridized carbons (Fsp3) is 0.214. The fourth-order valence-electron chi connectivity index (χ4n) is 1.69. The van der Waals surface area contributed by atoms with Gasteiger partial charge in [-0.3, -0.25) is 0 Å². The lowest BCUT2D eigenvalue weighted by Crippen LogP contribution is -2.15. The first-order valence-corrected chi connectivity index (χ1v) is 6.89. The van der Waals surface area contributed by atoms with Crippen LogP contribution in [0.1, 0.15) is 5.56 Å². The summed E-state index contributed by atoms with van der Waals surface area (Å²) in [5.41, 5.74) is 6.55. The van der Waals surface area contributed by atoms with Gasteiger partial charge in [0, 0.05) is 23.3 Å². The highest BCUT2D eigenvalue weighted by Crippen LogP contribution is 2.21. The Balaban J connectivity index is 1.88. The first-order chi connectivity index (χ1) is 9.15. The van der Waals surface area contributed by atoms with Crippen molar-refractivity contribution in [3.8, 4) is 0 Å². The van der Waals surface area contributed by atoms with Crippen molar-refractivity contribution in [2.75, 3.05) is 11.5 Å². The van der Waals surface area contributed by atoms with E-state index in [4.69, 9.17) is 5.73 Å². The van der Waals surface area contributed by atoms with Crippen molar-refractivity contribution in [2.24, 2.45) is 0 Å². The summed E-state index contributed by atoms with van der Waals surface area (Å²) in [4.78, 5) is 4.78. The molecule has 0 bridgehead atoms. The van der Waals surface area contributed by atoms with E-state index < -0.39 is 6.10 Å². The number of halogens is 1. The van der Waals surface area contributed by atoms with Crippen molar-refractivity contribution in [1.29, 1.82) is 0 Å². The number of aromatic nitrogens is 1. The van der Waals surface area contributed by atoms with Gasteiger partial charge in [-0.25, -0.2) is 9.37 Å². The van der Waals surface area contributed by atoms with Crippen LogP contribution in [-0.2, 0) is 6.42 Å². The predicted molar refractivity (Wildman–Crippen MR) is 75.5 cm³/mol. The van der Waals surface area contributed by atoms with Crippen molar-refractivity contribution in [1.82, 2.24) is 4.98 Å². The summed E-state index contributed by atoms with van der Waals surface area (Å²) < 4.78 is 13.0. The van der Waals surface area contributed by atoms with Crippen molar-refractivity contribution in [2.45, 2.75) is 17.4 Å². The first kappa shape index (κ1) is 13.8. The number of anilines is 1. The molecule has 2 aromatic rings. The molecule has 3 N–H and O–H groups in total. The van der Waals surface area contributed by atoms with Gasteiger partial charge < -0.3 is 10.8 Å². The van der Waals surface area contributed by atoms with Crippen LogP contribution < -0.4 is 5.73 Å². The summed E-state index contributed by atoms with van der Waals surface area (Å²) in [5.74, 6) is 0.658. The molecule has 0 saturated carbocycles. The number of pyridine rings is 1. The quantitative estimate of drug-likeness (QED) is 0.825. The zero-order valence-electron chi connectivity index (χ0n) is 10.3. The van der Waals surface area contributed by atoms with Gasteiger partial charge in [0.2, 0.25) is 0 Å². The lowest BCUT2D eigenvalue weighted by Gasteiger charge is -2.11. The molecule has 19 heavy (non-hydrogen) atoms. The van der Waals surface area contributed by atoms with E-state index in [1.807, 2.05) is 12.1 Å². The van der Waals surface area contributed by atoms with Crippen LogP contribution in [0.3, 0.4) is 0 Å². The maximum atomic E-state index is 13.0. The molecule has 1 aromatic carbocycles. The minimum atomic E-state index is -0.542. The van der Waals surface area contributed by atoms with E-state index in [-0.39, 0.29) is 5.82 Å². The van der Waals surface area contributed by atoms with E-state index in [1.54, 1.807) is 18.3 Å². The molecule has 0 radical (unpaired) electrons. The molecule has 2 rings (SSSR count). The molecule has 100 valence electrons. The Kier molecular flexibility index (Phi) is 4.76. The summed E-state index contributed by atoms with van der Waals surface area (Å²) in [6, 6.07) is 9.96. The lowest BCUT2D eigenvalue weighted by molar-refractivity contribution is 0.200. The minimum Gasteiger partial charge on any atom is -0.392 e. The Hall–Kier alpha value is -1.59. The second-order valence-electron chi connectivity index (χ2n) is 4.17. The highest BCUT2D eigenvalue weighted by Gasteiger charge is 2.09. The molecule has 0 spiro atoms. The molecule has 0 fully saturated rings. The van der Waals surface area contributed by atoms with Gasteiger partial charge in [0.1, 0.15) is 11.6 Å². The third-order valence-electron chi connectivity index (χ3n) is 2.62. The van der Waals surface area contributed by atoms with Gasteiger partial charge in [0.15, 0.2) is 0 Å². The third kappa shape index (κ3) is 4.22. The van der Waals surface area contributed by atoms with Crippen molar-refractivity contribution in [3.63, 3.8) is 0 Å². The molecule has 1 aromatic heterocycles. The van der Waals surface area contributed by atoms with Crippen molar-refractivity contribution in [3.05, 3.63) is 54.0 Å². The van der Waals surface area contributed by atoms with E-state index in [2.05, 4.69) is 4.98 Å². The first-order valence-electron chi connectivity index (χ1n) is 5.91. The van der Waals surface area contributed by atoms with Crippen LogP contribution >= 0.6 is 11.8 Å². The zero-order valence-corrected chi connectivity index (χ0v) is 11.1. The second kappa shape index (κ2) is 6.54. The van der Waals surface area contributed by atoms with Gasteiger partial charge in [-0.15, -0.1) is 11.8 Å². The molecular weight excluding hydrogens is 263 g/mol. The van der Waals surface area contributed by atoms with Crippen LogP contribution in [0.2, 0.25) is 0 Å². The summed E-state index contributed by atoms with van der Waals surface area (Å²) in [6.07, 6.45) is 1.52. The number of thioether (sulfide) groups is 1. The predicted octanol–water partition coefficient (Wildman–Crippen LogP) is 2.50. The van der Waals surface area contributed by atoms with Crippen LogP contribution in [0, 0.1) is 5.82 Å². The normalized spacial score (nSPS) is 12.3. The SMILES string of the molecule is Nc1ncccc1CC(O)CSc1cccc(F)c1. The van der Waals surface area contributed by atoms with E-state index in [0.717, 1.165) is 10.5 Å². The van der Waals surface area contributed by atoms with Gasteiger partial charge >= 0.3 is 0 Å². The van der Waals surface area contributed by atoms with E-state index in [1.165, 1.54) is 23.9 Å². The highest BCUT2D eigenvalue weighted by molar-refractivity contribution is 7.99. The number of nitrogens with two attached hydrogens (primary N) is 1. The molecule has 5 heteroatoms. The maximum Gasteiger partial charge on any atom is 0.126 e. The summed E-state index contributed by atoms with van der Waals surface area (Å²) in [5, 5.41) is 9.96. The Labute approximate surface area is 115 Å². The standard InChI is InChI=1S/C14H15FN2OS/c15-11-4-1-5-13(8-11)19-9-12(18)7-10-3-2-6-17-14(10)16/h1-6,8,12,18H,7,9H2,(H2,16,17). The van der Waals surface area contributed by atoms with E-state index in [9.17, 15) is 9.50 Å². The number of rotatable bonds is 5. The van der Waals surface area contributed by atoms with Crippen molar-refractivity contribution < 1.29 is 9.50 Å². The minimum absolute atomic E-state index is 0.268. The Morgan fingerprint density at radius 1 is 1.32 bits per heavy atom. The third-order valence-corrected chi connectivity index (χ3v) is 3.76. The van der Waals surface area contributed by atoms with Gasteiger partial charge in [-0.1, -0.05) is 12.1 Å². The van der Waals surface area contributed by atoms with Gasteiger partial charge in [0.25, 0.3) is 0 Å². The van der Waals surface area contributed by atoms with Crippen LogP contribution in [-0.4, -0.2) is 21.9 Å². The van der Waals surface area contributed by atoms with Crippen LogP contribution in [0.5, 0.6) is 0 Å². The Morgan fingerprint density at radius 3 is 2.89 bits per heavy atom. The van der Waals surface area contributed by atoms with Gasteiger partial charge in [-0.2, -0.15) is 0 Å². The number of nitrogen functional groups attached to an aromatic ring is 1. The number of aliphatic hydroxyl groups is 1. The molecule has 0 amide bonds. The Bertz CT molecular complexity index is 550. The largest absolute Gasteiger partial charge is 0.392 e. The fourth-order valence-corrected chi connectivity index (χ4v) is 2.56. The van der Waals surface area contributed by atoms with Crippen LogP contribution in [0.4, 0.5) is 10.2 Å². The molecule has 0 aliphatic rings. The molecule has 3 nitrogen and oxygen atoms in total. The van der Waals surface area contributed by atoms with Crippen LogP contribution in [0.25, 0.3) is 0 Å². The van der Waals surface area contributed by atoms with Crippen LogP contribution in [0.15, 0.2) is 47.5 Å². The number of aliphatic hydroxyl groups excluding tert-OH is 1. The average molecular weight is 278 g/mol. The molecular formula is C14H15FN2OS. The average Bonchev–Trinajstić information content (AvgIpc) is 2.39. The van der Waals surface area contributed by atoms with Gasteiger partial charge in [0.05, 0.1) is 6.10 Å². The molecule has 1 atom stereocenters. The zero-order chi connectivity index (χ0) is 13.7. The second-order valence-corrected chi connectivity index (χ2v) is 5.27. The summed E-state index contributed by atoms with van der Waals surface area (Å²) in [6.45, 7) is 0. The molecule has 1 heterocycles. The van der Waals surface area contributed by atoms with Crippen molar-refractivity contribution >= 4 is 17.6 Å². The summed E-state index contributed by atoms with van der Waals surface area (Å²) in [7, 11) is 0. The molecule has 0 saturated heterocycles.